The predicted octanol–water partition coefficient (Wildman–Crippen LogP) is 7.14. The number of ether oxygens (including phenoxy) is 1. The minimum absolute atomic E-state index is 0.0618. The Balaban J connectivity index is 0.00000188. The summed E-state index contributed by atoms with van der Waals surface area (Å²) >= 11 is 1.25. The van der Waals surface area contributed by atoms with E-state index in [0.717, 1.165) is 49.4 Å². The number of hydrogen-bond acceptors (Lipinski definition) is 7. The second-order valence-electron chi connectivity index (χ2n) is 12.4. The van der Waals surface area contributed by atoms with Gasteiger partial charge in [-0.2, -0.15) is 18.3 Å². The predicted molar refractivity (Wildman–Crippen MR) is 164 cm³/mol. The molecule has 4 bridgehead atoms. The normalized spacial score (nSPS) is 20.9. The van der Waals surface area contributed by atoms with E-state index in [1.54, 1.807) is 24.4 Å². The molecule has 1 atom stereocenters. The number of anilines is 1. The molecular weight excluding hydrogens is 591 g/mol. The number of fused-ring (bicyclic) bond motifs is 6. The number of amides is 1. The number of hydrogen-bond donors (Lipinski definition) is 1. The van der Waals surface area contributed by atoms with Crippen molar-refractivity contribution in [2.75, 3.05) is 18.1 Å². The second-order valence-corrected chi connectivity index (χ2v) is 13.2. The van der Waals surface area contributed by atoms with Crippen LogP contribution in [-0.4, -0.2) is 55.3 Å². The SMILES string of the molecule is CC.Cc1nn2cc1SNC(=O)c1ccc(-n3ccc(OCCC4(C(F)(F)F)CC4)n3)nc1N1CC(CCCC2)CC1(C)C. The Labute approximate surface area is 261 Å². The van der Waals surface area contributed by atoms with Gasteiger partial charge in [-0.25, -0.2) is 9.67 Å². The molecule has 3 aromatic rings. The number of pyridine rings is 1. The number of nitrogens with zero attached hydrogens (tertiary/aromatic N) is 6. The van der Waals surface area contributed by atoms with Crippen LogP contribution in [-0.2, 0) is 6.54 Å². The Kier molecular flexibility index (Phi) is 9.25. The summed E-state index contributed by atoms with van der Waals surface area (Å²) < 4.78 is 51.8. The molecule has 1 saturated carbocycles. The van der Waals surface area contributed by atoms with E-state index in [1.807, 2.05) is 31.6 Å². The maximum absolute atomic E-state index is 13.5. The lowest BCUT2D eigenvalue weighted by molar-refractivity contribution is -0.190. The van der Waals surface area contributed by atoms with E-state index in [2.05, 4.69) is 33.7 Å². The molecule has 1 aliphatic carbocycles. The first-order valence-electron chi connectivity index (χ1n) is 15.5. The van der Waals surface area contributed by atoms with E-state index >= 15 is 0 Å². The van der Waals surface area contributed by atoms with Crippen LogP contribution in [0.1, 0.15) is 88.7 Å². The van der Waals surface area contributed by atoms with Gasteiger partial charge in [0.15, 0.2) is 5.82 Å². The van der Waals surface area contributed by atoms with Crippen LogP contribution < -0.4 is 14.4 Å². The van der Waals surface area contributed by atoms with Gasteiger partial charge in [-0.15, -0.1) is 5.10 Å². The van der Waals surface area contributed by atoms with Crippen molar-refractivity contribution < 1.29 is 22.7 Å². The van der Waals surface area contributed by atoms with Crippen LogP contribution in [0.3, 0.4) is 0 Å². The van der Waals surface area contributed by atoms with Crippen LogP contribution in [0, 0.1) is 18.3 Å². The molecule has 13 heteroatoms. The highest BCUT2D eigenvalue weighted by Crippen LogP contribution is 2.59. The van der Waals surface area contributed by atoms with E-state index in [0.29, 0.717) is 23.1 Å². The van der Waals surface area contributed by atoms with Crippen molar-refractivity contribution in [3.8, 4) is 11.7 Å². The lowest BCUT2D eigenvalue weighted by Gasteiger charge is -2.34. The number of nitrogens with one attached hydrogen (secondary N) is 1. The van der Waals surface area contributed by atoms with Crippen molar-refractivity contribution in [1.29, 1.82) is 0 Å². The van der Waals surface area contributed by atoms with Crippen LogP contribution in [0.5, 0.6) is 5.88 Å². The molecule has 9 nitrogen and oxygen atoms in total. The van der Waals surface area contributed by atoms with E-state index in [9.17, 15) is 18.0 Å². The lowest BCUT2D eigenvalue weighted by Crippen LogP contribution is -2.40. The van der Waals surface area contributed by atoms with Gasteiger partial charge in [0.2, 0.25) is 5.88 Å². The maximum Gasteiger partial charge on any atom is 0.394 e. The third-order valence-corrected chi connectivity index (χ3v) is 9.72. The van der Waals surface area contributed by atoms with Gasteiger partial charge < -0.3 is 9.64 Å². The average Bonchev–Trinajstić information content (AvgIpc) is 3.33. The summed E-state index contributed by atoms with van der Waals surface area (Å²) in [6.07, 6.45) is 3.85. The molecule has 1 saturated heterocycles. The van der Waals surface area contributed by atoms with Crippen molar-refractivity contribution in [1.82, 2.24) is 29.3 Å². The van der Waals surface area contributed by atoms with Crippen LogP contribution in [0.2, 0.25) is 0 Å². The fourth-order valence-electron chi connectivity index (χ4n) is 6.17. The van der Waals surface area contributed by atoms with Gasteiger partial charge in [0.25, 0.3) is 5.91 Å². The number of carbonyl (C=O) groups excluding carboxylic acids is 1. The van der Waals surface area contributed by atoms with Crippen molar-refractivity contribution in [3.63, 3.8) is 0 Å². The second kappa shape index (κ2) is 12.6. The lowest BCUT2D eigenvalue weighted by atomic mass is 9.93. The van der Waals surface area contributed by atoms with Crippen LogP contribution in [0.4, 0.5) is 19.0 Å². The zero-order valence-electron chi connectivity index (χ0n) is 26.1. The summed E-state index contributed by atoms with van der Waals surface area (Å²) in [4.78, 5) is 21.6. The van der Waals surface area contributed by atoms with Crippen molar-refractivity contribution in [3.05, 3.63) is 41.9 Å². The van der Waals surface area contributed by atoms with Gasteiger partial charge in [0, 0.05) is 37.1 Å². The average molecular weight is 634 g/mol. The van der Waals surface area contributed by atoms with Crippen LogP contribution in [0.15, 0.2) is 35.5 Å². The molecule has 5 heterocycles. The summed E-state index contributed by atoms with van der Waals surface area (Å²) in [5, 5.41) is 9.03. The molecule has 3 aromatic heterocycles. The molecule has 0 radical (unpaired) electrons. The number of aromatic nitrogens is 5. The first-order valence-corrected chi connectivity index (χ1v) is 16.3. The fourth-order valence-corrected chi connectivity index (χ4v) is 6.84. The molecule has 0 spiro atoms. The highest BCUT2D eigenvalue weighted by atomic mass is 32.2. The zero-order chi connectivity index (χ0) is 31.7. The number of carbonyl (C=O) groups is 1. The van der Waals surface area contributed by atoms with E-state index in [-0.39, 0.29) is 43.2 Å². The zero-order valence-corrected chi connectivity index (χ0v) is 26.9. The molecule has 240 valence electrons. The van der Waals surface area contributed by atoms with E-state index in [1.165, 1.54) is 16.6 Å². The monoisotopic (exact) mass is 633 g/mol. The molecule has 2 fully saturated rings. The molecule has 3 aliphatic rings. The molecule has 2 aliphatic heterocycles. The van der Waals surface area contributed by atoms with Crippen molar-refractivity contribution in [2.45, 2.75) is 103 Å². The van der Waals surface area contributed by atoms with E-state index < -0.39 is 11.6 Å². The number of aryl methyl sites for hydroxylation is 2. The van der Waals surface area contributed by atoms with Gasteiger partial charge in [0.05, 0.1) is 28.2 Å². The Morgan fingerprint density at radius 1 is 1.14 bits per heavy atom. The number of halogens is 3. The first-order chi connectivity index (χ1) is 20.9. The largest absolute Gasteiger partial charge is 0.477 e. The van der Waals surface area contributed by atoms with Gasteiger partial charge in [0.1, 0.15) is 5.82 Å². The quantitative estimate of drug-likeness (QED) is 0.299. The maximum atomic E-state index is 13.5. The molecule has 1 N–H and O–H groups in total. The van der Waals surface area contributed by atoms with Crippen LogP contribution >= 0.6 is 11.9 Å². The number of rotatable bonds is 5. The summed E-state index contributed by atoms with van der Waals surface area (Å²) in [5.41, 5.74) is -0.493. The fraction of sp³-hybridized carbons (Fsp3) is 0.613. The Morgan fingerprint density at radius 2 is 1.91 bits per heavy atom. The summed E-state index contributed by atoms with van der Waals surface area (Å²) in [7, 11) is 0. The molecule has 0 aromatic carbocycles. The number of alkyl halides is 3. The van der Waals surface area contributed by atoms with Crippen molar-refractivity contribution >= 4 is 23.7 Å². The van der Waals surface area contributed by atoms with Gasteiger partial charge in [-0.05, 0) is 89.3 Å². The Bertz CT molecular complexity index is 1460. The minimum atomic E-state index is -4.21. The van der Waals surface area contributed by atoms with Crippen molar-refractivity contribution in [2.24, 2.45) is 11.3 Å². The molecule has 6 rings (SSSR count). The topological polar surface area (TPSA) is 90.1 Å². The Morgan fingerprint density at radius 3 is 2.64 bits per heavy atom. The summed E-state index contributed by atoms with van der Waals surface area (Å²) in [6, 6.07) is 5.10. The van der Waals surface area contributed by atoms with Gasteiger partial charge in [-0.3, -0.25) is 14.2 Å². The standard InChI is InChI=1S/C29H36F3N7O2S.C2H6/c1-19-22-18-37(34-19)13-5-4-6-20-16-27(2,3)38(17-20)25-21(26(40)36-42-22)7-8-23(33-25)39-14-9-24(35-39)41-15-12-28(10-11-28)29(30,31)32;1-2/h7-9,14,18,20H,4-6,10-13,15-17H2,1-3H3,(H,36,40);1-2H3. The molecular formula is C31H42F3N7O2S. The third kappa shape index (κ3) is 6.72. The first kappa shape index (κ1) is 32.2. The molecule has 1 amide bonds. The summed E-state index contributed by atoms with van der Waals surface area (Å²) in [5.74, 6) is 1.52. The highest BCUT2D eigenvalue weighted by molar-refractivity contribution is 7.98. The van der Waals surface area contributed by atoms with E-state index in [4.69, 9.17) is 9.72 Å². The highest BCUT2D eigenvalue weighted by Gasteiger charge is 2.62. The van der Waals surface area contributed by atoms with Crippen LogP contribution in [0.25, 0.3) is 5.82 Å². The summed E-state index contributed by atoms with van der Waals surface area (Å²) in [6.45, 7) is 11.9. The van der Waals surface area contributed by atoms with Gasteiger partial charge >= 0.3 is 6.18 Å². The molecule has 1 unspecified atom stereocenters. The Hall–Kier alpha value is -3.22. The molecule has 44 heavy (non-hydrogen) atoms. The minimum Gasteiger partial charge on any atom is -0.477 e. The van der Waals surface area contributed by atoms with Gasteiger partial charge in [-0.1, -0.05) is 20.3 Å². The smallest absolute Gasteiger partial charge is 0.394 e. The third-order valence-electron chi connectivity index (χ3n) is 8.81.